The van der Waals surface area contributed by atoms with Gasteiger partial charge in [-0.25, -0.2) is 0 Å². The van der Waals surface area contributed by atoms with E-state index in [1.54, 1.807) is 0 Å². The Kier molecular flexibility index (Phi) is 7.87. The molecule has 1 aromatic carbocycles. The first-order valence-corrected chi connectivity index (χ1v) is 9.52. The summed E-state index contributed by atoms with van der Waals surface area (Å²) < 4.78 is 0. The van der Waals surface area contributed by atoms with Gasteiger partial charge in [-0.2, -0.15) is 0 Å². The topological polar surface area (TPSA) is 64.7 Å². The van der Waals surface area contributed by atoms with Gasteiger partial charge in [0.15, 0.2) is 0 Å². The lowest BCUT2D eigenvalue weighted by Gasteiger charge is -2.34. The first kappa shape index (κ1) is 20.7. The smallest absolute Gasteiger partial charge is 0.236 e. The van der Waals surface area contributed by atoms with E-state index in [9.17, 15) is 9.59 Å². The number of benzene rings is 1. The lowest BCUT2D eigenvalue weighted by atomic mass is 10.1. The second-order valence-corrected chi connectivity index (χ2v) is 7.41. The van der Waals surface area contributed by atoms with E-state index in [4.69, 9.17) is 11.6 Å². The van der Waals surface area contributed by atoms with Crippen LogP contribution in [0.2, 0.25) is 5.02 Å². The van der Waals surface area contributed by atoms with Crippen LogP contribution < -0.4 is 10.6 Å². The van der Waals surface area contributed by atoms with Crippen molar-refractivity contribution in [2.45, 2.75) is 32.9 Å². The summed E-state index contributed by atoms with van der Waals surface area (Å²) >= 11 is 6.20. The molecule has 1 atom stereocenters. The van der Waals surface area contributed by atoms with Crippen LogP contribution in [-0.2, 0) is 9.59 Å². The second-order valence-electron chi connectivity index (χ2n) is 7.00. The Hall–Kier alpha value is -1.63. The highest BCUT2D eigenvalue weighted by molar-refractivity contribution is 6.31. The molecule has 1 aliphatic rings. The molecule has 0 saturated carbocycles. The molecule has 2 amide bonds. The van der Waals surface area contributed by atoms with Crippen LogP contribution >= 0.6 is 11.6 Å². The average Bonchev–Trinajstić information content (AvgIpc) is 2.59. The fourth-order valence-corrected chi connectivity index (χ4v) is 3.31. The maximum atomic E-state index is 12.4. The van der Waals surface area contributed by atoms with Crippen molar-refractivity contribution in [2.75, 3.05) is 39.3 Å². The van der Waals surface area contributed by atoms with Gasteiger partial charge in [0.2, 0.25) is 11.8 Å². The van der Waals surface area contributed by atoms with Gasteiger partial charge in [0, 0.05) is 43.3 Å². The monoisotopic (exact) mass is 380 g/mol. The number of carbonyl (C=O) groups excluding carboxylic acids is 2. The van der Waals surface area contributed by atoms with Gasteiger partial charge in [-0.15, -0.1) is 0 Å². The van der Waals surface area contributed by atoms with Gasteiger partial charge in [0.25, 0.3) is 0 Å². The number of piperazine rings is 1. The summed E-state index contributed by atoms with van der Waals surface area (Å²) in [5.41, 5.74) is 0.989. The molecule has 0 spiro atoms. The summed E-state index contributed by atoms with van der Waals surface area (Å²) in [5, 5.41) is 6.85. The number of halogens is 1. The number of nitrogens with zero attached hydrogens (tertiary/aromatic N) is 2. The van der Waals surface area contributed by atoms with Gasteiger partial charge in [0.05, 0.1) is 13.1 Å². The minimum atomic E-state index is 0.00803. The number of hydrogen-bond acceptors (Lipinski definition) is 4. The van der Waals surface area contributed by atoms with E-state index in [0.29, 0.717) is 24.7 Å². The van der Waals surface area contributed by atoms with Gasteiger partial charge in [-0.05, 0) is 32.4 Å². The summed E-state index contributed by atoms with van der Waals surface area (Å²) in [5.74, 6) is 0.116. The number of hydrogen-bond donors (Lipinski definition) is 2. The molecule has 26 heavy (non-hydrogen) atoms. The number of carbonyl (C=O) groups is 2. The van der Waals surface area contributed by atoms with E-state index in [2.05, 4.69) is 15.5 Å². The maximum Gasteiger partial charge on any atom is 0.236 e. The lowest BCUT2D eigenvalue weighted by Crippen LogP contribution is -2.53. The van der Waals surface area contributed by atoms with Crippen LogP contribution in [-0.4, -0.2) is 66.9 Å². The summed E-state index contributed by atoms with van der Waals surface area (Å²) in [6, 6.07) is 7.81. The molecule has 1 heterocycles. The van der Waals surface area contributed by atoms with Crippen LogP contribution in [0, 0.1) is 0 Å². The minimum absolute atomic E-state index is 0.00803. The maximum absolute atomic E-state index is 12.4. The van der Waals surface area contributed by atoms with Gasteiger partial charge < -0.3 is 15.5 Å². The van der Waals surface area contributed by atoms with E-state index in [1.807, 2.05) is 49.9 Å². The van der Waals surface area contributed by atoms with Crippen molar-refractivity contribution < 1.29 is 9.59 Å². The van der Waals surface area contributed by atoms with Crippen molar-refractivity contribution in [2.24, 2.45) is 0 Å². The van der Waals surface area contributed by atoms with Crippen molar-refractivity contribution in [1.29, 1.82) is 0 Å². The molecule has 1 fully saturated rings. The first-order chi connectivity index (χ1) is 12.4. The highest BCUT2D eigenvalue weighted by atomic mass is 35.5. The molecule has 0 unspecified atom stereocenters. The summed E-state index contributed by atoms with van der Waals surface area (Å²) in [4.78, 5) is 28.2. The SMILES string of the molecule is CC(C)NC(=O)CN1CCN(C(=O)CN[C@@H](C)c2ccccc2Cl)CC1. The quantitative estimate of drug-likeness (QED) is 0.755. The summed E-state index contributed by atoms with van der Waals surface area (Å²) in [6.07, 6.45) is 0. The molecular formula is C19H29ClN4O2. The zero-order chi connectivity index (χ0) is 19.1. The van der Waals surface area contributed by atoms with E-state index >= 15 is 0 Å². The Labute approximate surface area is 160 Å². The molecule has 7 heteroatoms. The third-order valence-electron chi connectivity index (χ3n) is 4.47. The lowest BCUT2D eigenvalue weighted by molar-refractivity contribution is -0.132. The van der Waals surface area contributed by atoms with Crippen molar-refractivity contribution in [3.05, 3.63) is 34.9 Å². The highest BCUT2D eigenvalue weighted by Crippen LogP contribution is 2.21. The number of amides is 2. The molecule has 2 N–H and O–H groups in total. The predicted octanol–water partition coefficient (Wildman–Crippen LogP) is 1.66. The molecule has 0 radical (unpaired) electrons. The Balaban J connectivity index is 1.73. The highest BCUT2D eigenvalue weighted by Gasteiger charge is 2.22. The fraction of sp³-hybridized carbons (Fsp3) is 0.579. The predicted molar refractivity (Wildman–Crippen MR) is 104 cm³/mol. The van der Waals surface area contributed by atoms with Crippen LogP contribution in [0.4, 0.5) is 0 Å². The summed E-state index contributed by atoms with van der Waals surface area (Å²) in [7, 11) is 0. The fourth-order valence-electron chi connectivity index (χ4n) is 3.01. The third-order valence-corrected chi connectivity index (χ3v) is 4.82. The molecule has 1 aliphatic heterocycles. The van der Waals surface area contributed by atoms with Crippen LogP contribution in [0.1, 0.15) is 32.4 Å². The van der Waals surface area contributed by atoms with Crippen molar-refractivity contribution in [1.82, 2.24) is 20.4 Å². The van der Waals surface area contributed by atoms with Crippen molar-refractivity contribution in [3.63, 3.8) is 0 Å². The van der Waals surface area contributed by atoms with E-state index < -0.39 is 0 Å². The molecule has 2 rings (SSSR count). The van der Waals surface area contributed by atoms with Crippen LogP contribution in [0.5, 0.6) is 0 Å². The number of rotatable bonds is 7. The molecule has 0 aliphatic carbocycles. The average molecular weight is 381 g/mol. The number of nitrogens with one attached hydrogen (secondary N) is 2. The van der Waals surface area contributed by atoms with Crippen LogP contribution in [0.3, 0.4) is 0 Å². The molecule has 1 saturated heterocycles. The Bertz CT molecular complexity index is 615. The molecule has 144 valence electrons. The zero-order valence-corrected chi connectivity index (χ0v) is 16.6. The molecule has 6 nitrogen and oxygen atoms in total. The van der Waals surface area contributed by atoms with Crippen LogP contribution in [0.25, 0.3) is 0 Å². The second kappa shape index (κ2) is 9.90. The summed E-state index contributed by atoms with van der Waals surface area (Å²) in [6.45, 7) is 9.30. The van der Waals surface area contributed by atoms with Crippen molar-refractivity contribution >= 4 is 23.4 Å². The Morgan fingerprint density at radius 3 is 2.38 bits per heavy atom. The molecule has 1 aromatic rings. The van der Waals surface area contributed by atoms with E-state index in [1.165, 1.54) is 0 Å². The van der Waals surface area contributed by atoms with Gasteiger partial charge >= 0.3 is 0 Å². The van der Waals surface area contributed by atoms with E-state index in [-0.39, 0.29) is 30.4 Å². The minimum Gasteiger partial charge on any atom is -0.353 e. The normalized spacial score (nSPS) is 16.6. The van der Waals surface area contributed by atoms with E-state index in [0.717, 1.165) is 18.7 Å². The first-order valence-electron chi connectivity index (χ1n) is 9.14. The van der Waals surface area contributed by atoms with Gasteiger partial charge in [-0.1, -0.05) is 29.8 Å². The third kappa shape index (κ3) is 6.27. The molecule has 0 aromatic heterocycles. The Morgan fingerprint density at radius 2 is 1.77 bits per heavy atom. The van der Waals surface area contributed by atoms with Crippen molar-refractivity contribution in [3.8, 4) is 0 Å². The van der Waals surface area contributed by atoms with Gasteiger partial charge in [-0.3, -0.25) is 14.5 Å². The Morgan fingerprint density at radius 1 is 1.12 bits per heavy atom. The largest absolute Gasteiger partial charge is 0.353 e. The van der Waals surface area contributed by atoms with Crippen LogP contribution in [0.15, 0.2) is 24.3 Å². The standard InChI is InChI=1S/C19H29ClN4O2/c1-14(2)22-18(25)13-23-8-10-24(11-9-23)19(26)12-21-15(3)16-6-4-5-7-17(16)20/h4-7,14-15,21H,8-13H2,1-3H3,(H,22,25)/t15-/m0/s1. The van der Waals surface area contributed by atoms with Gasteiger partial charge in [0.1, 0.15) is 0 Å². The molecular weight excluding hydrogens is 352 g/mol. The molecule has 0 bridgehead atoms. The zero-order valence-electron chi connectivity index (χ0n) is 15.8.